The zero-order valence-corrected chi connectivity index (χ0v) is 11.9. The summed E-state index contributed by atoms with van der Waals surface area (Å²) in [5.74, 6) is 0.0246. The second-order valence-electron chi connectivity index (χ2n) is 5.30. The van der Waals surface area contributed by atoms with Crippen LogP contribution in [0.5, 0.6) is 0 Å². The van der Waals surface area contributed by atoms with E-state index in [0.29, 0.717) is 5.56 Å². The molecule has 20 heavy (non-hydrogen) atoms. The van der Waals surface area contributed by atoms with Gasteiger partial charge in [-0.15, -0.1) is 0 Å². The summed E-state index contributed by atoms with van der Waals surface area (Å²) in [6, 6.07) is 8.93. The average molecular weight is 271 g/mol. The predicted molar refractivity (Wildman–Crippen MR) is 79.3 cm³/mol. The molecule has 0 aromatic heterocycles. The number of benzene rings is 1. The molecule has 0 spiro atoms. The zero-order chi connectivity index (χ0) is 14.4. The number of nitriles is 1. The van der Waals surface area contributed by atoms with Gasteiger partial charge in [0.2, 0.25) is 5.91 Å². The molecular weight excluding hydrogens is 250 g/mol. The first-order valence-corrected chi connectivity index (χ1v) is 7.26. The van der Waals surface area contributed by atoms with Gasteiger partial charge in [0.25, 0.3) is 0 Å². The fourth-order valence-corrected chi connectivity index (χ4v) is 2.52. The van der Waals surface area contributed by atoms with E-state index in [4.69, 9.17) is 5.26 Å². The van der Waals surface area contributed by atoms with Crippen LogP contribution >= 0.6 is 0 Å². The van der Waals surface area contributed by atoms with Gasteiger partial charge >= 0.3 is 0 Å². The van der Waals surface area contributed by atoms with Crippen LogP contribution in [0.15, 0.2) is 24.3 Å². The minimum absolute atomic E-state index is 0.0246. The van der Waals surface area contributed by atoms with E-state index in [1.807, 2.05) is 6.92 Å². The van der Waals surface area contributed by atoms with Crippen LogP contribution in [-0.4, -0.2) is 29.9 Å². The highest BCUT2D eigenvalue weighted by Gasteiger charge is 2.21. The minimum atomic E-state index is -0.108. The van der Waals surface area contributed by atoms with Gasteiger partial charge in [0.15, 0.2) is 0 Å². The molecule has 1 saturated heterocycles. The molecule has 0 saturated carbocycles. The van der Waals surface area contributed by atoms with E-state index in [2.05, 4.69) is 16.3 Å². The van der Waals surface area contributed by atoms with Crippen molar-refractivity contribution in [2.45, 2.75) is 38.6 Å². The Morgan fingerprint density at radius 1 is 1.20 bits per heavy atom. The summed E-state index contributed by atoms with van der Waals surface area (Å²) in [5, 5.41) is 11.7. The number of amides is 1. The van der Waals surface area contributed by atoms with E-state index >= 15 is 0 Å². The van der Waals surface area contributed by atoms with Crippen LogP contribution in [0.1, 0.15) is 38.2 Å². The Balaban J connectivity index is 1.94. The van der Waals surface area contributed by atoms with E-state index in [-0.39, 0.29) is 11.9 Å². The zero-order valence-electron chi connectivity index (χ0n) is 11.9. The van der Waals surface area contributed by atoms with Gasteiger partial charge in [-0.05, 0) is 57.1 Å². The van der Waals surface area contributed by atoms with Gasteiger partial charge in [0, 0.05) is 5.69 Å². The number of nitrogens with zero attached hydrogens (tertiary/aromatic N) is 2. The van der Waals surface area contributed by atoms with Crippen molar-refractivity contribution in [1.29, 1.82) is 5.26 Å². The normalized spacial score (nSPS) is 17.8. The van der Waals surface area contributed by atoms with E-state index in [9.17, 15) is 4.79 Å². The third kappa shape index (κ3) is 3.82. The first kappa shape index (κ1) is 14.5. The largest absolute Gasteiger partial charge is 0.325 e. The Morgan fingerprint density at radius 3 is 2.35 bits per heavy atom. The van der Waals surface area contributed by atoms with Gasteiger partial charge in [0.1, 0.15) is 0 Å². The summed E-state index contributed by atoms with van der Waals surface area (Å²) >= 11 is 0. The molecule has 1 aliphatic rings. The van der Waals surface area contributed by atoms with Crippen LogP contribution in [0.25, 0.3) is 0 Å². The Morgan fingerprint density at radius 2 is 1.80 bits per heavy atom. The lowest BCUT2D eigenvalue weighted by molar-refractivity contribution is -0.120. The van der Waals surface area contributed by atoms with Gasteiger partial charge in [-0.25, -0.2) is 0 Å². The number of carbonyl (C=O) groups is 1. The Kier molecular flexibility index (Phi) is 5.14. The van der Waals surface area contributed by atoms with Crippen LogP contribution in [0.2, 0.25) is 0 Å². The van der Waals surface area contributed by atoms with E-state index in [1.165, 1.54) is 25.7 Å². The number of carbonyl (C=O) groups excluding carboxylic acids is 1. The molecular formula is C16H21N3O. The van der Waals surface area contributed by atoms with Crippen LogP contribution in [0.3, 0.4) is 0 Å². The van der Waals surface area contributed by atoms with Gasteiger partial charge in [-0.2, -0.15) is 5.26 Å². The SMILES string of the molecule is C[C@@H](C(=O)Nc1ccc(C#N)cc1)N1CCCCCC1. The highest BCUT2D eigenvalue weighted by atomic mass is 16.2. The van der Waals surface area contributed by atoms with Gasteiger partial charge < -0.3 is 5.32 Å². The third-order valence-electron chi connectivity index (χ3n) is 3.85. The van der Waals surface area contributed by atoms with E-state index < -0.39 is 0 Å². The summed E-state index contributed by atoms with van der Waals surface area (Å²) in [6.45, 7) is 3.97. The first-order valence-electron chi connectivity index (χ1n) is 7.26. The standard InChI is InChI=1S/C16H21N3O/c1-13(19-10-4-2-3-5-11-19)16(20)18-15-8-6-14(12-17)7-9-15/h6-9,13H,2-5,10-11H2,1H3,(H,18,20)/t13-/m0/s1. The maximum absolute atomic E-state index is 12.3. The summed E-state index contributed by atoms with van der Waals surface area (Å²) < 4.78 is 0. The van der Waals surface area contributed by atoms with Crippen molar-refractivity contribution in [3.8, 4) is 6.07 Å². The molecule has 0 aliphatic carbocycles. The molecule has 1 heterocycles. The molecule has 1 N–H and O–H groups in total. The van der Waals surface area contributed by atoms with Crippen molar-refractivity contribution in [2.24, 2.45) is 0 Å². The Labute approximate surface area is 120 Å². The number of hydrogen-bond acceptors (Lipinski definition) is 3. The number of rotatable bonds is 3. The summed E-state index contributed by atoms with van der Waals surface area (Å²) in [6.07, 6.45) is 4.88. The van der Waals surface area contributed by atoms with Crippen molar-refractivity contribution < 1.29 is 4.79 Å². The molecule has 0 radical (unpaired) electrons. The summed E-state index contributed by atoms with van der Waals surface area (Å²) in [4.78, 5) is 14.5. The van der Waals surface area contributed by atoms with Gasteiger partial charge in [0.05, 0.1) is 17.7 Å². The summed E-state index contributed by atoms with van der Waals surface area (Å²) in [5.41, 5.74) is 1.35. The highest BCUT2D eigenvalue weighted by Crippen LogP contribution is 2.14. The van der Waals surface area contributed by atoms with Gasteiger partial charge in [-0.3, -0.25) is 9.69 Å². The molecule has 106 valence electrons. The Hall–Kier alpha value is -1.86. The lowest BCUT2D eigenvalue weighted by atomic mass is 10.2. The predicted octanol–water partition coefficient (Wildman–Crippen LogP) is 2.76. The first-order chi connectivity index (χ1) is 9.70. The monoisotopic (exact) mass is 271 g/mol. The number of nitrogens with one attached hydrogen (secondary N) is 1. The minimum Gasteiger partial charge on any atom is -0.325 e. The molecule has 1 amide bonds. The fraction of sp³-hybridized carbons (Fsp3) is 0.500. The topological polar surface area (TPSA) is 56.1 Å². The molecule has 1 aromatic rings. The van der Waals surface area contributed by atoms with Crippen molar-refractivity contribution in [1.82, 2.24) is 4.90 Å². The van der Waals surface area contributed by atoms with Crippen molar-refractivity contribution in [2.75, 3.05) is 18.4 Å². The number of anilines is 1. The van der Waals surface area contributed by atoms with Gasteiger partial charge in [-0.1, -0.05) is 12.8 Å². The number of likely N-dealkylation sites (tertiary alicyclic amines) is 1. The molecule has 1 aromatic carbocycles. The number of hydrogen-bond donors (Lipinski definition) is 1. The molecule has 1 aliphatic heterocycles. The van der Waals surface area contributed by atoms with Crippen molar-refractivity contribution >= 4 is 11.6 Å². The lowest BCUT2D eigenvalue weighted by Crippen LogP contribution is -2.42. The van der Waals surface area contributed by atoms with E-state index in [1.54, 1.807) is 24.3 Å². The molecule has 2 rings (SSSR count). The van der Waals surface area contributed by atoms with E-state index in [0.717, 1.165) is 18.8 Å². The fourth-order valence-electron chi connectivity index (χ4n) is 2.52. The molecule has 4 heteroatoms. The van der Waals surface area contributed by atoms with Crippen molar-refractivity contribution in [3.05, 3.63) is 29.8 Å². The second kappa shape index (κ2) is 7.06. The smallest absolute Gasteiger partial charge is 0.241 e. The Bertz CT molecular complexity index is 481. The molecule has 4 nitrogen and oxygen atoms in total. The van der Waals surface area contributed by atoms with Crippen molar-refractivity contribution in [3.63, 3.8) is 0 Å². The quantitative estimate of drug-likeness (QED) is 0.919. The molecule has 1 fully saturated rings. The van der Waals surface area contributed by atoms with Crippen LogP contribution < -0.4 is 5.32 Å². The highest BCUT2D eigenvalue weighted by molar-refractivity contribution is 5.94. The van der Waals surface area contributed by atoms with Crippen LogP contribution in [-0.2, 0) is 4.79 Å². The second-order valence-corrected chi connectivity index (χ2v) is 5.30. The maximum atomic E-state index is 12.3. The van der Waals surface area contributed by atoms with Crippen LogP contribution in [0.4, 0.5) is 5.69 Å². The molecule has 0 unspecified atom stereocenters. The van der Waals surface area contributed by atoms with Crippen LogP contribution in [0, 0.1) is 11.3 Å². The molecule has 0 bridgehead atoms. The maximum Gasteiger partial charge on any atom is 0.241 e. The average Bonchev–Trinajstić information content (AvgIpc) is 2.76. The third-order valence-corrected chi connectivity index (χ3v) is 3.85. The molecule has 1 atom stereocenters. The summed E-state index contributed by atoms with van der Waals surface area (Å²) in [7, 11) is 0. The lowest BCUT2D eigenvalue weighted by Gasteiger charge is -2.26.